The van der Waals surface area contributed by atoms with Crippen LogP contribution in [0.3, 0.4) is 0 Å². The molecule has 1 aromatic carbocycles. The molecular formula is C17H24N2O6S. The summed E-state index contributed by atoms with van der Waals surface area (Å²) in [5.41, 5.74) is 1.05. The van der Waals surface area contributed by atoms with Crippen molar-refractivity contribution in [1.29, 1.82) is 0 Å². The van der Waals surface area contributed by atoms with Crippen molar-refractivity contribution in [3.05, 3.63) is 29.8 Å². The molecule has 2 heterocycles. The Bertz CT molecular complexity index is 751. The van der Waals surface area contributed by atoms with Crippen LogP contribution in [0.1, 0.15) is 18.4 Å². The van der Waals surface area contributed by atoms with Gasteiger partial charge in [-0.15, -0.1) is 0 Å². The Morgan fingerprint density at radius 1 is 1.27 bits per heavy atom. The first kappa shape index (κ1) is 18.9. The summed E-state index contributed by atoms with van der Waals surface area (Å²) in [6, 6.07) is 7.04. The summed E-state index contributed by atoms with van der Waals surface area (Å²) in [6.07, 6.45) is 1.56. The number of rotatable bonds is 6. The van der Waals surface area contributed by atoms with Crippen molar-refractivity contribution in [2.24, 2.45) is 0 Å². The van der Waals surface area contributed by atoms with Gasteiger partial charge in [0.05, 0.1) is 32.1 Å². The molecule has 1 aromatic rings. The van der Waals surface area contributed by atoms with Crippen LogP contribution in [-0.2, 0) is 20.8 Å². The van der Waals surface area contributed by atoms with Crippen LogP contribution in [0.4, 0.5) is 4.79 Å². The molecule has 2 aliphatic rings. The summed E-state index contributed by atoms with van der Waals surface area (Å²) in [5, 5.41) is 9.53. The van der Waals surface area contributed by atoms with Crippen molar-refractivity contribution in [3.8, 4) is 5.75 Å². The van der Waals surface area contributed by atoms with Gasteiger partial charge in [-0.25, -0.2) is 4.79 Å². The lowest BCUT2D eigenvalue weighted by Gasteiger charge is -2.45. The van der Waals surface area contributed by atoms with E-state index in [1.165, 1.54) is 4.90 Å². The minimum Gasteiger partial charge on any atom is -0.497 e. The van der Waals surface area contributed by atoms with Gasteiger partial charge in [0, 0.05) is 19.1 Å². The fourth-order valence-electron chi connectivity index (χ4n) is 3.97. The molecule has 0 unspecified atom stereocenters. The number of likely N-dealkylation sites (tertiary alicyclic amines) is 1. The zero-order chi connectivity index (χ0) is 18.9. The highest BCUT2D eigenvalue weighted by Crippen LogP contribution is 2.35. The molecule has 26 heavy (non-hydrogen) atoms. The molecule has 144 valence electrons. The highest BCUT2D eigenvalue weighted by molar-refractivity contribution is 7.85. The predicted molar refractivity (Wildman–Crippen MR) is 94.7 cm³/mol. The van der Waals surface area contributed by atoms with Crippen LogP contribution in [0.25, 0.3) is 0 Å². The Kier molecular flexibility index (Phi) is 5.40. The average Bonchev–Trinajstić information content (AvgIpc) is 2.90. The molecule has 1 N–H and O–H groups in total. The monoisotopic (exact) mass is 384 g/mol. The van der Waals surface area contributed by atoms with Crippen LogP contribution >= 0.6 is 0 Å². The molecular weight excluding hydrogens is 360 g/mol. The molecule has 2 fully saturated rings. The third-order valence-corrected chi connectivity index (χ3v) is 5.69. The number of amides is 1. The van der Waals surface area contributed by atoms with E-state index in [4.69, 9.17) is 8.92 Å². The van der Waals surface area contributed by atoms with E-state index in [2.05, 4.69) is 4.90 Å². The molecule has 9 heteroatoms. The second kappa shape index (κ2) is 7.42. The molecule has 3 rings (SSSR count). The van der Waals surface area contributed by atoms with Gasteiger partial charge in [0.25, 0.3) is 10.1 Å². The lowest BCUT2D eigenvalue weighted by Crippen LogP contribution is -2.62. The Balaban J connectivity index is 1.80. The number of ether oxygens (including phenoxy) is 1. The summed E-state index contributed by atoms with van der Waals surface area (Å²) >= 11 is 0. The molecule has 0 aliphatic carbocycles. The van der Waals surface area contributed by atoms with Gasteiger partial charge in [-0.3, -0.25) is 14.0 Å². The van der Waals surface area contributed by atoms with Crippen molar-refractivity contribution < 1.29 is 27.2 Å². The van der Waals surface area contributed by atoms with E-state index in [9.17, 15) is 18.3 Å². The van der Waals surface area contributed by atoms with Crippen molar-refractivity contribution in [3.63, 3.8) is 0 Å². The second-order valence-electron chi connectivity index (χ2n) is 6.82. The second-order valence-corrected chi connectivity index (χ2v) is 8.47. The van der Waals surface area contributed by atoms with Gasteiger partial charge < -0.3 is 9.84 Å². The number of hydrogen-bond acceptors (Lipinski definition) is 6. The fraction of sp³-hybridized carbons (Fsp3) is 0.588. The minimum absolute atomic E-state index is 0.0455. The predicted octanol–water partition coefficient (Wildman–Crippen LogP) is 1.37. The van der Waals surface area contributed by atoms with Crippen molar-refractivity contribution in [2.75, 3.05) is 26.5 Å². The first-order chi connectivity index (χ1) is 12.3. The Morgan fingerprint density at radius 2 is 1.96 bits per heavy atom. The molecule has 0 radical (unpaired) electrons. The number of hydrogen-bond donors (Lipinski definition) is 1. The Morgan fingerprint density at radius 3 is 2.54 bits per heavy atom. The maximum Gasteiger partial charge on any atom is 0.407 e. The molecule has 0 saturated carbocycles. The molecule has 0 spiro atoms. The lowest BCUT2D eigenvalue weighted by molar-refractivity contribution is -0.0000473. The SMILES string of the molecule is COc1ccc(CN2C[C@@H]3CC[C@H]([C@H]2COS(C)(=O)=O)N3C(=O)O)cc1. The van der Waals surface area contributed by atoms with Crippen LogP contribution in [0, 0.1) is 0 Å². The number of fused-ring (bicyclic) bond motifs is 2. The smallest absolute Gasteiger partial charge is 0.407 e. The van der Waals surface area contributed by atoms with Crippen LogP contribution < -0.4 is 4.74 Å². The van der Waals surface area contributed by atoms with Gasteiger partial charge in [0.15, 0.2) is 0 Å². The molecule has 8 nitrogen and oxygen atoms in total. The van der Waals surface area contributed by atoms with Gasteiger partial charge in [-0.05, 0) is 30.5 Å². The quantitative estimate of drug-likeness (QED) is 0.740. The molecule has 2 aliphatic heterocycles. The van der Waals surface area contributed by atoms with Crippen molar-refractivity contribution in [2.45, 2.75) is 37.5 Å². The van der Waals surface area contributed by atoms with E-state index in [1.54, 1.807) is 7.11 Å². The Labute approximate surface area is 153 Å². The van der Waals surface area contributed by atoms with Gasteiger partial charge in [0.1, 0.15) is 5.75 Å². The summed E-state index contributed by atoms with van der Waals surface area (Å²) in [5.74, 6) is 0.765. The van der Waals surface area contributed by atoms with Crippen LogP contribution in [0.15, 0.2) is 24.3 Å². The first-order valence-corrected chi connectivity index (χ1v) is 10.3. The Hall–Kier alpha value is -1.84. The van der Waals surface area contributed by atoms with Gasteiger partial charge >= 0.3 is 6.09 Å². The highest BCUT2D eigenvalue weighted by Gasteiger charge is 2.48. The molecule has 3 atom stereocenters. The van der Waals surface area contributed by atoms with Gasteiger partial charge in [-0.1, -0.05) is 12.1 Å². The summed E-state index contributed by atoms with van der Waals surface area (Å²) in [7, 11) is -1.99. The van der Waals surface area contributed by atoms with E-state index >= 15 is 0 Å². The van der Waals surface area contributed by atoms with E-state index in [0.717, 1.165) is 24.0 Å². The maximum absolute atomic E-state index is 11.6. The van der Waals surface area contributed by atoms with E-state index in [1.807, 2.05) is 24.3 Å². The number of nitrogens with zero attached hydrogens (tertiary/aromatic N) is 2. The van der Waals surface area contributed by atoms with E-state index in [0.29, 0.717) is 19.5 Å². The third-order valence-electron chi connectivity index (χ3n) is 5.12. The van der Waals surface area contributed by atoms with Gasteiger partial charge in [0.2, 0.25) is 0 Å². The highest BCUT2D eigenvalue weighted by atomic mass is 32.2. The molecule has 1 amide bonds. The van der Waals surface area contributed by atoms with Crippen LogP contribution in [0.2, 0.25) is 0 Å². The number of carbonyl (C=O) groups is 1. The zero-order valence-electron chi connectivity index (χ0n) is 14.9. The topological polar surface area (TPSA) is 96.4 Å². The average molecular weight is 384 g/mol. The van der Waals surface area contributed by atoms with E-state index in [-0.39, 0.29) is 24.7 Å². The number of methoxy groups -OCH3 is 1. The largest absolute Gasteiger partial charge is 0.497 e. The van der Waals surface area contributed by atoms with Crippen molar-refractivity contribution >= 4 is 16.2 Å². The van der Waals surface area contributed by atoms with Crippen LogP contribution in [-0.4, -0.2) is 74.1 Å². The van der Waals surface area contributed by atoms with Crippen molar-refractivity contribution in [1.82, 2.24) is 9.80 Å². The summed E-state index contributed by atoms with van der Waals surface area (Å²) in [4.78, 5) is 15.2. The van der Waals surface area contributed by atoms with E-state index < -0.39 is 16.2 Å². The molecule has 0 aromatic heterocycles. The number of piperazine rings is 1. The zero-order valence-corrected chi connectivity index (χ0v) is 15.7. The maximum atomic E-state index is 11.6. The van der Waals surface area contributed by atoms with Gasteiger partial charge in [-0.2, -0.15) is 8.42 Å². The third kappa shape index (κ3) is 4.11. The standard InChI is InChI=1S/C17H24N2O6S/c1-24-14-6-3-12(4-7-14)9-18-10-13-5-8-15(19(13)17(20)21)16(18)11-25-26(2,22)23/h3-4,6-7,13,15-16H,5,8-11H2,1-2H3,(H,20,21)/t13-,15+,16+/m0/s1. The normalized spacial score (nSPS) is 26.1. The molecule has 2 bridgehead atoms. The number of benzene rings is 1. The van der Waals surface area contributed by atoms with Crippen LogP contribution in [0.5, 0.6) is 5.75 Å². The molecule has 2 saturated heterocycles. The first-order valence-electron chi connectivity index (χ1n) is 8.51. The minimum atomic E-state index is -3.59. The summed E-state index contributed by atoms with van der Waals surface area (Å²) < 4.78 is 33.1. The fourth-order valence-corrected chi connectivity index (χ4v) is 4.36. The number of carboxylic acid groups (broad SMARTS) is 1. The summed E-state index contributed by atoms with van der Waals surface area (Å²) in [6.45, 7) is 1.12. The lowest BCUT2D eigenvalue weighted by atomic mass is 10.0.